The molecule has 2 aromatic rings. The molecule has 0 saturated heterocycles. The second kappa shape index (κ2) is 8.30. The van der Waals surface area contributed by atoms with Gasteiger partial charge in [0.25, 0.3) is 0 Å². The number of nitrogens with zero attached hydrogens (tertiary/aromatic N) is 3. The van der Waals surface area contributed by atoms with Crippen LogP contribution in [0.15, 0.2) is 36.8 Å². The largest absolute Gasteiger partial charge is 0.490 e. The third kappa shape index (κ3) is 5.72. The molecular formula is C15H18ClN5O2. The van der Waals surface area contributed by atoms with E-state index < -0.39 is 6.03 Å². The molecule has 1 aromatic heterocycles. The second-order valence-electron chi connectivity index (χ2n) is 4.97. The number of aromatic nitrogens is 2. The van der Waals surface area contributed by atoms with Crippen molar-refractivity contribution in [2.75, 3.05) is 37.9 Å². The lowest BCUT2D eigenvalue weighted by molar-refractivity contribution is 0.258. The maximum absolute atomic E-state index is 12.0. The van der Waals surface area contributed by atoms with Crippen LogP contribution in [0, 0.1) is 0 Å². The number of hydrogen-bond acceptors (Lipinski definition) is 5. The standard InChI is InChI=1S/C15H18ClN5O2/c1-21(2)7-8-23-13-4-3-11(16)9-12(13)19-15(22)20-14-5-6-17-10-18-14/h3-6,9-10H,7-8H2,1-2H3,(H2,17,18,19,20,22). The summed E-state index contributed by atoms with van der Waals surface area (Å²) >= 11 is 5.99. The van der Waals surface area contributed by atoms with Crippen LogP contribution in [-0.2, 0) is 0 Å². The molecule has 0 atom stereocenters. The van der Waals surface area contributed by atoms with Crippen molar-refractivity contribution in [2.45, 2.75) is 0 Å². The molecule has 2 rings (SSSR count). The zero-order chi connectivity index (χ0) is 16.7. The molecular weight excluding hydrogens is 318 g/mol. The summed E-state index contributed by atoms with van der Waals surface area (Å²) in [6.07, 6.45) is 2.89. The molecule has 0 aliphatic heterocycles. The number of urea groups is 1. The number of likely N-dealkylation sites (N-methyl/N-ethyl adjacent to an activating group) is 1. The van der Waals surface area contributed by atoms with Crippen molar-refractivity contribution in [3.8, 4) is 5.75 Å². The lowest BCUT2D eigenvalue weighted by atomic mass is 10.3. The molecule has 0 radical (unpaired) electrons. The van der Waals surface area contributed by atoms with Crippen LogP contribution in [0.1, 0.15) is 0 Å². The van der Waals surface area contributed by atoms with Crippen LogP contribution in [0.2, 0.25) is 5.02 Å². The molecule has 0 unspecified atom stereocenters. The monoisotopic (exact) mass is 335 g/mol. The number of carbonyl (C=O) groups excluding carboxylic acids is 1. The molecule has 0 bridgehead atoms. The summed E-state index contributed by atoms with van der Waals surface area (Å²) in [6, 6.07) is 6.21. The van der Waals surface area contributed by atoms with E-state index in [1.54, 1.807) is 24.3 Å². The SMILES string of the molecule is CN(C)CCOc1ccc(Cl)cc1NC(=O)Nc1ccncn1. The Kier molecular flexibility index (Phi) is 6.13. The van der Waals surface area contributed by atoms with Crippen molar-refractivity contribution < 1.29 is 9.53 Å². The number of rotatable bonds is 6. The van der Waals surface area contributed by atoms with E-state index >= 15 is 0 Å². The summed E-state index contributed by atoms with van der Waals surface area (Å²) in [5.41, 5.74) is 0.489. The first-order valence-electron chi connectivity index (χ1n) is 6.95. The average Bonchev–Trinajstić information content (AvgIpc) is 2.50. The topological polar surface area (TPSA) is 79.4 Å². The predicted octanol–water partition coefficient (Wildman–Crippen LogP) is 2.71. The summed E-state index contributed by atoms with van der Waals surface area (Å²) in [4.78, 5) is 21.8. The minimum absolute atomic E-state index is 0.398. The highest BCUT2D eigenvalue weighted by Crippen LogP contribution is 2.28. The molecule has 2 amide bonds. The molecule has 0 spiro atoms. The van der Waals surface area contributed by atoms with Gasteiger partial charge in [0.05, 0.1) is 5.69 Å². The Morgan fingerprint density at radius 2 is 2.13 bits per heavy atom. The van der Waals surface area contributed by atoms with Crippen molar-refractivity contribution >= 4 is 29.1 Å². The Labute approximate surface area is 139 Å². The highest BCUT2D eigenvalue weighted by atomic mass is 35.5. The van der Waals surface area contributed by atoms with E-state index in [1.807, 2.05) is 19.0 Å². The number of anilines is 2. The summed E-state index contributed by atoms with van der Waals surface area (Å²) in [7, 11) is 3.92. The van der Waals surface area contributed by atoms with Crippen LogP contribution in [-0.4, -0.2) is 48.1 Å². The van der Waals surface area contributed by atoms with Crippen molar-refractivity contribution in [1.82, 2.24) is 14.9 Å². The van der Waals surface area contributed by atoms with E-state index in [9.17, 15) is 4.79 Å². The molecule has 7 nitrogen and oxygen atoms in total. The van der Waals surface area contributed by atoms with Gasteiger partial charge in [0.1, 0.15) is 24.5 Å². The summed E-state index contributed by atoms with van der Waals surface area (Å²) < 4.78 is 5.69. The van der Waals surface area contributed by atoms with Crippen LogP contribution in [0.4, 0.5) is 16.3 Å². The first-order chi connectivity index (χ1) is 11.0. The van der Waals surface area contributed by atoms with Crippen LogP contribution in [0.3, 0.4) is 0 Å². The minimum Gasteiger partial charge on any atom is -0.490 e. The fourth-order valence-electron chi connectivity index (χ4n) is 1.70. The van der Waals surface area contributed by atoms with E-state index in [1.165, 1.54) is 12.5 Å². The average molecular weight is 336 g/mol. The van der Waals surface area contributed by atoms with E-state index in [0.29, 0.717) is 28.9 Å². The van der Waals surface area contributed by atoms with Crippen molar-refractivity contribution in [3.05, 3.63) is 41.8 Å². The van der Waals surface area contributed by atoms with Gasteiger partial charge >= 0.3 is 6.03 Å². The Morgan fingerprint density at radius 3 is 2.83 bits per heavy atom. The van der Waals surface area contributed by atoms with E-state index in [0.717, 1.165) is 6.54 Å². The van der Waals surface area contributed by atoms with Crippen LogP contribution in [0.5, 0.6) is 5.75 Å². The van der Waals surface area contributed by atoms with Gasteiger partial charge in [-0.1, -0.05) is 11.6 Å². The maximum atomic E-state index is 12.0. The molecule has 23 heavy (non-hydrogen) atoms. The molecule has 0 aliphatic rings. The third-order valence-corrected chi connectivity index (χ3v) is 3.04. The molecule has 2 N–H and O–H groups in total. The molecule has 0 fully saturated rings. The van der Waals surface area contributed by atoms with Crippen molar-refractivity contribution in [3.63, 3.8) is 0 Å². The Hall–Kier alpha value is -2.38. The van der Waals surface area contributed by atoms with Gasteiger partial charge in [-0.25, -0.2) is 14.8 Å². The number of amides is 2. The number of carbonyl (C=O) groups is 1. The lowest BCUT2D eigenvalue weighted by Gasteiger charge is -2.15. The third-order valence-electron chi connectivity index (χ3n) is 2.81. The quantitative estimate of drug-likeness (QED) is 0.848. The summed E-state index contributed by atoms with van der Waals surface area (Å²) in [5, 5.41) is 5.81. The normalized spacial score (nSPS) is 10.4. The van der Waals surface area contributed by atoms with Gasteiger partial charge in [-0.3, -0.25) is 5.32 Å². The molecule has 8 heteroatoms. The number of halogens is 1. The van der Waals surface area contributed by atoms with Gasteiger partial charge in [0, 0.05) is 17.8 Å². The van der Waals surface area contributed by atoms with Crippen LogP contribution >= 0.6 is 11.6 Å². The highest BCUT2D eigenvalue weighted by molar-refractivity contribution is 6.31. The predicted molar refractivity (Wildman–Crippen MR) is 90.2 cm³/mol. The number of ether oxygens (including phenoxy) is 1. The maximum Gasteiger partial charge on any atom is 0.324 e. The van der Waals surface area contributed by atoms with Gasteiger partial charge in [-0.15, -0.1) is 0 Å². The van der Waals surface area contributed by atoms with Crippen LogP contribution in [0.25, 0.3) is 0 Å². The number of benzene rings is 1. The van der Waals surface area contributed by atoms with Crippen LogP contribution < -0.4 is 15.4 Å². The molecule has 1 aromatic carbocycles. The smallest absolute Gasteiger partial charge is 0.324 e. The first kappa shape index (κ1) is 17.0. The zero-order valence-electron chi connectivity index (χ0n) is 12.9. The van der Waals surface area contributed by atoms with Crippen molar-refractivity contribution in [1.29, 1.82) is 0 Å². The van der Waals surface area contributed by atoms with E-state index in [4.69, 9.17) is 16.3 Å². The number of hydrogen-bond donors (Lipinski definition) is 2. The fraction of sp³-hybridized carbons (Fsp3) is 0.267. The van der Waals surface area contributed by atoms with Gasteiger partial charge in [-0.05, 0) is 38.4 Å². The second-order valence-corrected chi connectivity index (χ2v) is 5.40. The molecule has 0 saturated carbocycles. The summed E-state index contributed by atoms with van der Waals surface area (Å²) in [6.45, 7) is 1.26. The number of nitrogens with one attached hydrogen (secondary N) is 2. The van der Waals surface area contributed by atoms with Gasteiger partial charge in [0.2, 0.25) is 0 Å². The highest BCUT2D eigenvalue weighted by Gasteiger charge is 2.10. The van der Waals surface area contributed by atoms with Crippen molar-refractivity contribution in [2.24, 2.45) is 0 Å². The summed E-state index contributed by atoms with van der Waals surface area (Å²) in [5.74, 6) is 0.948. The molecule has 1 heterocycles. The minimum atomic E-state index is -0.441. The lowest BCUT2D eigenvalue weighted by Crippen LogP contribution is -2.22. The Morgan fingerprint density at radius 1 is 1.30 bits per heavy atom. The van der Waals surface area contributed by atoms with Gasteiger partial charge in [-0.2, -0.15) is 0 Å². The van der Waals surface area contributed by atoms with E-state index in [-0.39, 0.29) is 0 Å². The van der Waals surface area contributed by atoms with E-state index in [2.05, 4.69) is 20.6 Å². The molecule has 122 valence electrons. The van der Waals surface area contributed by atoms with Gasteiger partial charge < -0.3 is 15.0 Å². The Bertz CT molecular complexity index is 652. The fourth-order valence-corrected chi connectivity index (χ4v) is 1.87. The first-order valence-corrected chi connectivity index (χ1v) is 7.33. The zero-order valence-corrected chi connectivity index (χ0v) is 13.7. The molecule has 0 aliphatic carbocycles. The Balaban J connectivity index is 2.02. The van der Waals surface area contributed by atoms with Gasteiger partial charge in [0.15, 0.2) is 0 Å².